The molecule has 0 spiro atoms. The van der Waals surface area contributed by atoms with E-state index in [2.05, 4.69) is 12.2 Å². The van der Waals surface area contributed by atoms with Crippen LogP contribution in [0.5, 0.6) is 5.75 Å². The molecule has 6 nitrogen and oxygen atoms in total. The van der Waals surface area contributed by atoms with Crippen molar-refractivity contribution in [1.29, 1.82) is 0 Å². The summed E-state index contributed by atoms with van der Waals surface area (Å²) in [6.45, 7) is 7.29. The van der Waals surface area contributed by atoms with Gasteiger partial charge in [-0.15, -0.1) is 0 Å². The van der Waals surface area contributed by atoms with E-state index in [9.17, 15) is 10.1 Å². The number of benzene rings is 1. The molecular formula is C15H22N2O4. The fourth-order valence-corrected chi connectivity index (χ4v) is 2.66. The highest BCUT2D eigenvalue weighted by Crippen LogP contribution is 2.31. The van der Waals surface area contributed by atoms with Crippen LogP contribution in [0.1, 0.15) is 25.8 Å². The second-order valence-corrected chi connectivity index (χ2v) is 5.18. The highest BCUT2D eigenvalue weighted by atomic mass is 16.6. The largest absolute Gasteiger partial charge is 0.488 e. The summed E-state index contributed by atoms with van der Waals surface area (Å²) in [6.07, 6.45) is 0.912. The van der Waals surface area contributed by atoms with Crippen molar-refractivity contribution in [3.8, 4) is 5.75 Å². The van der Waals surface area contributed by atoms with Crippen LogP contribution in [0.4, 0.5) is 5.69 Å². The number of nitro benzene ring substituents is 1. The van der Waals surface area contributed by atoms with E-state index >= 15 is 0 Å². The van der Waals surface area contributed by atoms with Crippen LogP contribution in [0.3, 0.4) is 0 Å². The Kier molecular flexibility index (Phi) is 5.14. The van der Waals surface area contributed by atoms with Gasteiger partial charge in [-0.25, -0.2) is 0 Å². The Balaban J connectivity index is 2.01. The first-order valence-corrected chi connectivity index (χ1v) is 7.33. The maximum Gasteiger partial charge on any atom is 0.272 e. The molecule has 1 aromatic rings. The molecule has 0 heterocycles. The number of hydrogen-bond acceptors (Lipinski definition) is 5. The third-order valence-electron chi connectivity index (χ3n) is 3.73. The molecule has 3 atom stereocenters. The Morgan fingerprint density at radius 2 is 2.19 bits per heavy atom. The molecule has 1 aromatic carbocycles. The van der Waals surface area contributed by atoms with Crippen molar-refractivity contribution < 1.29 is 14.4 Å². The van der Waals surface area contributed by atoms with Crippen LogP contribution in [0.25, 0.3) is 0 Å². The number of hydrogen-bond donors (Lipinski definition) is 1. The zero-order valence-electron chi connectivity index (χ0n) is 12.7. The second-order valence-electron chi connectivity index (χ2n) is 5.18. The minimum Gasteiger partial charge on any atom is -0.488 e. The molecule has 1 N–H and O–H groups in total. The van der Waals surface area contributed by atoms with Gasteiger partial charge in [0.05, 0.1) is 4.92 Å². The smallest absolute Gasteiger partial charge is 0.272 e. The van der Waals surface area contributed by atoms with Crippen LogP contribution in [-0.2, 0) is 4.74 Å². The number of nitro groups is 1. The molecule has 0 radical (unpaired) electrons. The van der Waals surface area contributed by atoms with Gasteiger partial charge in [-0.1, -0.05) is 6.92 Å². The Morgan fingerprint density at radius 1 is 1.43 bits per heavy atom. The van der Waals surface area contributed by atoms with Gasteiger partial charge in [0.25, 0.3) is 5.69 Å². The molecule has 0 aliphatic heterocycles. The quantitative estimate of drug-likeness (QED) is 0.617. The summed E-state index contributed by atoms with van der Waals surface area (Å²) in [5.41, 5.74) is 0.718. The summed E-state index contributed by atoms with van der Waals surface area (Å²) >= 11 is 0. The van der Waals surface area contributed by atoms with Crippen molar-refractivity contribution in [2.75, 3.05) is 13.2 Å². The predicted octanol–water partition coefficient (Wildman–Crippen LogP) is 2.44. The fraction of sp³-hybridized carbons (Fsp3) is 0.600. The topological polar surface area (TPSA) is 73.6 Å². The maximum absolute atomic E-state index is 10.8. The molecule has 1 saturated carbocycles. The van der Waals surface area contributed by atoms with E-state index in [0.717, 1.165) is 13.0 Å². The number of nitrogens with one attached hydrogen (secondary N) is 1. The van der Waals surface area contributed by atoms with Gasteiger partial charge in [-0.3, -0.25) is 10.1 Å². The summed E-state index contributed by atoms with van der Waals surface area (Å²) in [5, 5.41) is 14.2. The lowest BCUT2D eigenvalue weighted by molar-refractivity contribution is -0.385. The number of likely N-dealkylation sites (N-methyl/N-ethyl adjacent to an activating group) is 1. The van der Waals surface area contributed by atoms with E-state index in [4.69, 9.17) is 9.47 Å². The van der Waals surface area contributed by atoms with Crippen LogP contribution >= 0.6 is 0 Å². The van der Waals surface area contributed by atoms with Crippen molar-refractivity contribution in [1.82, 2.24) is 5.32 Å². The molecule has 1 fully saturated rings. The number of ether oxygens (including phenoxy) is 2. The SMILES string of the molecule is CCNC1CC(Oc2ccc([N+](=O)[O-])c(C)c2)C1OCC. The van der Waals surface area contributed by atoms with Gasteiger partial charge < -0.3 is 14.8 Å². The van der Waals surface area contributed by atoms with Crippen LogP contribution < -0.4 is 10.1 Å². The monoisotopic (exact) mass is 294 g/mol. The number of nitrogens with zero attached hydrogens (tertiary/aromatic N) is 1. The van der Waals surface area contributed by atoms with E-state index in [-0.39, 0.29) is 22.8 Å². The van der Waals surface area contributed by atoms with Gasteiger partial charge >= 0.3 is 0 Å². The molecule has 0 aromatic heterocycles. The summed E-state index contributed by atoms with van der Waals surface area (Å²) in [6, 6.07) is 5.16. The first-order chi connectivity index (χ1) is 10.1. The van der Waals surface area contributed by atoms with Crippen LogP contribution in [0, 0.1) is 17.0 Å². The molecule has 6 heteroatoms. The van der Waals surface area contributed by atoms with Crippen molar-refractivity contribution in [3.63, 3.8) is 0 Å². The molecular weight excluding hydrogens is 272 g/mol. The highest BCUT2D eigenvalue weighted by molar-refractivity contribution is 5.44. The fourth-order valence-electron chi connectivity index (χ4n) is 2.66. The first-order valence-electron chi connectivity index (χ1n) is 7.33. The molecule has 0 bridgehead atoms. The standard InChI is InChI=1S/C15H22N2O4/c1-4-16-12-9-14(15(12)20-5-2)21-11-6-7-13(17(18)19)10(3)8-11/h6-8,12,14-16H,4-5,9H2,1-3H3. The predicted molar refractivity (Wildman–Crippen MR) is 79.7 cm³/mol. The van der Waals surface area contributed by atoms with Gasteiger partial charge in [-0.2, -0.15) is 0 Å². The number of aryl methyl sites for hydroxylation is 1. The van der Waals surface area contributed by atoms with Crippen molar-refractivity contribution in [2.24, 2.45) is 0 Å². The third kappa shape index (κ3) is 3.51. The van der Waals surface area contributed by atoms with Gasteiger partial charge in [0.1, 0.15) is 18.0 Å². The van der Waals surface area contributed by atoms with Gasteiger partial charge in [0.15, 0.2) is 0 Å². The van der Waals surface area contributed by atoms with Gasteiger partial charge in [-0.05, 0) is 32.5 Å². The molecule has 1 aliphatic carbocycles. The summed E-state index contributed by atoms with van der Waals surface area (Å²) in [5.74, 6) is 0.655. The molecule has 21 heavy (non-hydrogen) atoms. The Hall–Kier alpha value is -1.66. The van der Waals surface area contributed by atoms with Crippen molar-refractivity contribution in [3.05, 3.63) is 33.9 Å². The van der Waals surface area contributed by atoms with Crippen LogP contribution in [0.2, 0.25) is 0 Å². The van der Waals surface area contributed by atoms with E-state index < -0.39 is 0 Å². The summed E-state index contributed by atoms with van der Waals surface area (Å²) in [4.78, 5) is 10.4. The molecule has 116 valence electrons. The molecule has 0 saturated heterocycles. The van der Waals surface area contributed by atoms with Crippen LogP contribution in [-0.4, -0.2) is 36.3 Å². The minimum absolute atomic E-state index is 0.00476. The lowest BCUT2D eigenvalue weighted by atomic mass is 9.85. The van der Waals surface area contributed by atoms with Crippen molar-refractivity contribution >= 4 is 5.69 Å². The highest BCUT2D eigenvalue weighted by Gasteiger charge is 2.43. The molecule has 3 unspecified atom stereocenters. The minimum atomic E-state index is -0.382. The molecule has 2 rings (SSSR count). The summed E-state index contributed by atoms with van der Waals surface area (Å²) < 4.78 is 11.6. The average Bonchev–Trinajstić information content (AvgIpc) is 2.43. The Morgan fingerprint density at radius 3 is 2.76 bits per heavy atom. The van der Waals surface area contributed by atoms with E-state index in [1.165, 1.54) is 6.07 Å². The summed E-state index contributed by atoms with van der Waals surface area (Å²) in [7, 11) is 0. The van der Waals surface area contributed by atoms with Gasteiger partial charge in [0, 0.05) is 30.7 Å². The van der Waals surface area contributed by atoms with E-state index in [0.29, 0.717) is 24.0 Å². The zero-order chi connectivity index (χ0) is 15.4. The molecule has 1 aliphatic rings. The van der Waals surface area contributed by atoms with Gasteiger partial charge in [0.2, 0.25) is 0 Å². The zero-order valence-corrected chi connectivity index (χ0v) is 12.7. The average molecular weight is 294 g/mol. The van der Waals surface area contributed by atoms with Crippen LogP contribution in [0.15, 0.2) is 18.2 Å². The Labute approximate surface area is 124 Å². The second kappa shape index (κ2) is 6.87. The molecule has 0 amide bonds. The maximum atomic E-state index is 10.8. The first kappa shape index (κ1) is 15.7. The normalized spacial score (nSPS) is 24.4. The van der Waals surface area contributed by atoms with E-state index in [1.807, 2.05) is 6.92 Å². The van der Waals surface area contributed by atoms with Crippen molar-refractivity contribution in [2.45, 2.75) is 45.4 Å². The lowest BCUT2D eigenvalue weighted by Crippen LogP contribution is -2.61. The lowest BCUT2D eigenvalue weighted by Gasteiger charge is -2.44. The Bertz CT molecular complexity index is 506. The number of rotatable bonds is 7. The third-order valence-corrected chi connectivity index (χ3v) is 3.73. The van der Waals surface area contributed by atoms with E-state index in [1.54, 1.807) is 19.1 Å².